The summed E-state index contributed by atoms with van der Waals surface area (Å²) in [5.74, 6) is -1.19. The number of carbonyl (C=O) groups is 1. The van der Waals surface area contributed by atoms with Crippen molar-refractivity contribution in [3.8, 4) is 0 Å². The van der Waals surface area contributed by atoms with Gasteiger partial charge >= 0.3 is 16.2 Å². The standard InChI is InChI=1S/C11H15FN2O4S/c1-14(8-7-11(15)18-2)19(16,17)13-10-6-4-3-5-9(10)12/h3-6,13H,7-8H2,1-2H3. The maximum absolute atomic E-state index is 13.3. The van der Waals surface area contributed by atoms with Gasteiger partial charge in [-0.3, -0.25) is 9.52 Å². The minimum Gasteiger partial charge on any atom is -0.469 e. The van der Waals surface area contributed by atoms with E-state index in [-0.39, 0.29) is 18.7 Å². The molecule has 1 aromatic carbocycles. The van der Waals surface area contributed by atoms with Gasteiger partial charge in [0.05, 0.1) is 19.2 Å². The summed E-state index contributed by atoms with van der Waals surface area (Å²) in [6.45, 7) is -0.0591. The lowest BCUT2D eigenvalue weighted by molar-refractivity contribution is -0.140. The Labute approximate surface area is 111 Å². The van der Waals surface area contributed by atoms with E-state index in [1.54, 1.807) is 0 Å². The molecule has 1 rings (SSSR count). The van der Waals surface area contributed by atoms with Crippen LogP contribution in [0.1, 0.15) is 6.42 Å². The molecule has 0 radical (unpaired) electrons. The van der Waals surface area contributed by atoms with E-state index >= 15 is 0 Å². The summed E-state index contributed by atoms with van der Waals surface area (Å²) in [6, 6.07) is 5.41. The predicted octanol–water partition coefficient (Wildman–Crippen LogP) is 0.977. The largest absolute Gasteiger partial charge is 0.469 e. The Balaban J connectivity index is 2.70. The molecule has 0 fully saturated rings. The predicted molar refractivity (Wildman–Crippen MR) is 68.2 cm³/mol. The van der Waals surface area contributed by atoms with E-state index in [9.17, 15) is 17.6 Å². The summed E-state index contributed by atoms with van der Waals surface area (Å²) in [7, 11) is -1.40. The third kappa shape index (κ3) is 4.49. The van der Waals surface area contributed by atoms with Gasteiger partial charge in [0.2, 0.25) is 0 Å². The van der Waals surface area contributed by atoms with Crippen LogP contribution in [0.15, 0.2) is 24.3 Å². The van der Waals surface area contributed by atoms with Crippen LogP contribution in [0.3, 0.4) is 0 Å². The molecule has 0 unspecified atom stereocenters. The highest BCUT2D eigenvalue weighted by Crippen LogP contribution is 2.15. The van der Waals surface area contributed by atoms with Gasteiger partial charge in [-0.2, -0.15) is 12.7 Å². The van der Waals surface area contributed by atoms with Crippen molar-refractivity contribution in [3.05, 3.63) is 30.1 Å². The van der Waals surface area contributed by atoms with Crippen molar-refractivity contribution in [2.75, 3.05) is 25.4 Å². The summed E-state index contributed by atoms with van der Waals surface area (Å²) in [6.07, 6.45) is -0.0782. The van der Waals surface area contributed by atoms with Crippen LogP contribution in [0.2, 0.25) is 0 Å². The summed E-state index contributed by atoms with van der Waals surface area (Å²) >= 11 is 0. The molecule has 0 saturated heterocycles. The molecule has 0 heterocycles. The first-order chi connectivity index (χ1) is 8.86. The number of rotatable bonds is 6. The van der Waals surface area contributed by atoms with Gasteiger partial charge in [0.25, 0.3) is 0 Å². The van der Waals surface area contributed by atoms with E-state index in [1.807, 2.05) is 0 Å². The number of nitrogens with zero attached hydrogens (tertiary/aromatic N) is 1. The number of nitrogens with one attached hydrogen (secondary N) is 1. The number of hydrogen-bond acceptors (Lipinski definition) is 4. The van der Waals surface area contributed by atoms with Crippen molar-refractivity contribution in [3.63, 3.8) is 0 Å². The molecule has 19 heavy (non-hydrogen) atoms. The first-order valence-electron chi connectivity index (χ1n) is 5.42. The maximum Gasteiger partial charge on any atom is 0.306 e. The fourth-order valence-corrected chi connectivity index (χ4v) is 2.16. The molecular formula is C11H15FN2O4S. The van der Waals surface area contributed by atoms with Crippen LogP contribution in [-0.2, 0) is 19.7 Å². The van der Waals surface area contributed by atoms with Crippen LogP contribution in [0.4, 0.5) is 10.1 Å². The van der Waals surface area contributed by atoms with E-state index in [4.69, 9.17) is 0 Å². The summed E-state index contributed by atoms with van der Waals surface area (Å²) in [4.78, 5) is 10.9. The number of halogens is 1. The average molecular weight is 290 g/mol. The van der Waals surface area contributed by atoms with Crippen LogP contribution in [0.25, 0.3) is 0 Å². The molecule has 1 N–H and O–H groups in total. The minimum atomic E-state index is -3.90. The molecule has 0 aliphatic rings. The second kappa shape index (κ2) is 6.48. The zero-order valence-electron chi connectivity index (χ0n) is 10.6. The Hall–Kier alpha value is -1.67. The Morgan fingerprint density at radius 2 is 2.05 bits per heavy atom. The molecule has 106 valence electrons. The summed E-state index contributed by atoms with van der Waals surface area (Å²) in [5.41, 5.74) is -0.146. The fraction of sp³-hybridized carbons (Fsp3) is 0.364. The van der Waals surface area contributed by atoms with Gasteiger partial charge in [0.1, 0.15) is 5.82 Å². The van der Waals surface area contributed by atoms with Crippen LogP contribution in [0.5, 0.6) is 0 Å². The molecule has 0 spiro atoms. The highest BCUT2D eigenvalue weighted by Gasteiger charge is 2.19. The van der Waals surface area contributed by atoms with E-state index in [1.165, 1.54) is 32.4 Å². The highest BCUT2D eigenvalue weighted by molar-refractivity contribution is 7.90. The maximum atomic E-state index is 13.3. The number of hydrogen-bond donors (Lipinski definition) is 1. The number of esters is 1. The van der Waals surface area contributed by atoms with Gasteiger partial charge < -0.3 is 4.74 Å². The van der Waals surface area contributed by atoms with E-state index in [0.717, 1.165) is 10.4 Å². The molecule has 0 amide bonds. The third-order valence-corrected chi connectivity index (χ3v) is 3.86. The molecule has 0 atom stereocenters. The van der Waals surface area contributed by atoms with Crippen LogP contribution in [0, 0.1) is 5.82 Å². The molecule has 0 aliphatic carbocycles. The zero-order valence-corrected chi connectivity index (χ0v) is 11.4. The second-order valence-corrected chi connectivity index (χ2v) is 5.51. The van der Waals surface area contributed by atoms with Crippen LogP contribution in [-0.4, -0.2) is 39.4 Å². The van der Waals surface area contributed by atoms with Crippen molar-refractivity contribution in [1.82, 2.24) is 4.31 Å². The summed E-state index contributed by atoms with van der Waals surface area (Å²) in [5, 5.41) is 0. The Bertz CT molecular complexity index is 547. The number of para-hydroxylation sites is 1. The molecule has 6 nitrogen and oxygen atoms in total. The quantitative estimate of drug-likeness (QED) is 0.792. The van der Waals surface area contributed by atoms with Gasteiger partial charge in [-0.15, -0.1) is 0 Å². The second-order valence-electron chi connectivity index (χ2n) is 3.73. The highest BCUT2D eigenvalue weighted by atomic mass is 32.2. The third-order valence-electron chi connectivity index (χ3n) is 2.38. The van der Waals surface area contributed by atoms with Crippen molar-refractivity contribution in [2.45, 2.75) is 6.42 Å². The smallest absolute Gasteiger partial charge is 0.306 e. The molecule has 0 bridgehead atoms. The Morgan fingerprint density at radius 1 is 1.42 bits per heavy atom. The molecule has 0 aliphatic heterocycles. The SMILES string of the molecule is COC(=O)CCN(C)S(=O)(=O)Nc1ccccc1F. The lowest BCUT2D eigenvalue weighted by Gasteiger charge is -2.17. The van der Waals surface area contributed by atoms with Crippen LogP contribution < -0.4 is 4.72 Å². The van der Waals surface area contributed by atoms with E-state index in [2.05, 4.69) is 9.46 Å². The average Bonchev–Trinajstić information content (AvgIpc) is 2.37. The van der Waals surface area contributed by atoms with Gasteiger partial charge in [0, 0.05) is 13.6 Å². The number of anilines is 1. The molecule has 8 heteroatoms. The first-order valence-corrected chi connectivity index (χ1v) is 6.86. The summed E-state index contributed by atoms with van der Waals surface area (Å²) < 4.78 is 44.5. The van der Waals surface area contributed by atoms with Gasteiger partial charge in [-0.1, -0.05) is 12.1 Å². The number of methoxy groups -OCH3 is 1. The lowest BCUT2D eigenvalue weighted by atomic mass is 10.3. The molecule has 0 aromatic heterocycles. The number of benzene rings is 1. The first kappa shape index (κ1) is 15.4. The van der Waals surface area contributed by atoms with E-state index < -0.39 is 22.0 Å². The monoisotopic (exact) mass is 290 g/mol. The lowest BCUT2D eigenvalue weighted by Crippen LogP contribution is -2.34. The van der Waals surface area contributed by atoms with Crippen molar-refractivity contribution >= 4 is 21.9 Å². The molecular weight excluding hydrogens is 275 g/mol. The van der Waals surface area contributed by atoms with Gasteiger partial charge in [-0.25, -0.2) is 4.39 Å². The van der Waals surface area contributed by atoms with Crippen LogP contribution >= 0.6 is 0 Å². The fourth-order valence-electron chi connectivity index (χ4n) is 1.23. The van der Waals surface area contributed by atoms with Crippen molar-refractivity contribution in [2.24, 2.45) is 0 Å². The topological polar surface area (TPSA) is 75.7 Å². The Kier molecular flexibility index (Phi) is 5.25. The Morgan fingerprint density at radius 3 is 2.63 bits per heavy atom. The van der Waals surface area contributed by atoms with Gasteiger partial charge in [-0.05, 0) is 12.1 Å². The zero-order chi connectivity index (χ0) is 14.5. The van der Waals surface area contributed by atoms with E-state index in [0.29, 0.717) is 0 Å². The number of ether oxygens (including phenoxy) is 1. The normalized spacial score (nSPS) is 11.4. The number of carbonyl (C=O) groups excluding carboxylic acids is 1. The van der Waals surface area contributed by atoms with Crippen molar-refractivity contribution in [1.29, 1.82) is 0 Å². The molecule has 1 aromatic rings. The minimum absolute atomic E-state index is 0.0591. The van der Waals surface area contributed by atoms with Gasteiger partial charge in [0.15, 0.2) is 0 Å². The molecule has 0 saturated carbocycles. The van der Waals surface area contributed by atoms with Crippen molar-refractivity contribution < 1.29 is 22.3 Å².